The second-order valence-electron chi connectivity index (χ2n) is 4.58. The van der Waals surface area contributed by atoms with Crippen LogP contribution in [-0.4, -0.2) is 38.8 Å². The molecule has 0 aliphatic carbocycles. The molecule has 0 spiro atoms. The van der Waals surface area contributed by atoms with E-state index >= 15 is 0 Å². The lowest BCUT2D eigenvalue weighted by molar-refractivity contribution is -0.121. The van der Waals surface area contributed by atoms with Crippen molar-refractivity contribution in [1.29, 1.82) is 0 Å². The fourth-order valence-electron chi connectivity index (χ4n) is 1.69. The van der Waals surface area contributed by atoms with Gasteiger partial charge in [-0.15, -0.1) is 12.4 Å². The summed E-state index contributed by atoms with van der Waals surface area (Å²) in [7, 11) is 1.90. The molecule has 1 unspecified atom stereocenters. The second-order valence-corrected chi connectivity index (χ2v) is 4.58. The van der Waals surface area contributed by atoms with E-state index in [1.807, 2.05) is 14.0 Å². The van der Waals surface area contributed by atoms with Gasteiger partial charge in [0.25, 0.3) is 0 Å². The molecule has 0 saturated carbocycles. The van der Waals surface area contributed by atoms with Crippen molar-refractivity contribution in [3.05, 3.63) is 0 Å². The molecule has 1 amide bonds. The summed E-state index contributed by atoms with van der Waals surface area (Å²) in [5.74, 6) is 0.635. The van der Waals surface area contributed by atoms with Crippen LogP contribution in [-0.2, 0) is 9.53 Å². The van der Waals surface area contributed by atoms with Crippen LogP contribution in [0.2, 0.25) is 0 Å². The number of amides is 1. The van der Waals surface area contributed by atoms with Gasteiger partial charge in [-0.3, -0.25) is 4.79 Å². The number of ether oxygens (including phenoxy) is 1. The molecule has 0 heterocycles. The van der Waals surface area contributed by atoms with Gasteiger partial charge in [-0.25, -0.2) is 0 Å². The summed E-state index contributed by atoms with van der Waals surface area (Å²) in [6.45, 7) is 8.64. The maximum atomic E-state index is 11.4. The van der Waals surface area contributed by atoms with E-state index in [2.05, 4.69) is 24.5 Å². The van der Waals surface area contributed by atoms with E-state index in [1.165, 1.54) is 0 Å². The molecule has 0 radical (unpaired) electrons. The monoisotopic (exact) mass is 280 g/mol. The minimum Gasteiger partial charge on any atom is -0.378 e. The quantitative estimate of drug-likeness (QED) is 0.602. The summed E-state index contributed by atoms with van der Waals surface area (Å²) in [4.78, 5) is 11.4. The van der Waals surface area contributed by atoms with E-state index in [0.717, 1.165) is 26.0 Å². The predicted octanol–water partition coefficient (Wildman–Crippen LogP) is 1.98. The number of halogens is 1. The molecule has 5 heteroatoms. The Kier molecular flexibility index (Phi) is 14.6. The second kappa shape index (κ2) is 13.1. The summed E-state index contributed by atoms with van der Waals surface area (Å²) < 4.78 is 5.62. The van der Waals surface area contributed by atoms with Gasteiger partial charge in [0.1, 0.15) is 0 Å². The first-order valence-electron chi connectivity index (χ1n) is 6.64. The molecule has 0 aromatic carbocycles. The van der Waals surface area contributed by atoms with Crippen LogP contribution >= 0.6 is 12.4 Å². The minimum absolute atomic E-state index is 0. The van der Waals surface area contributed by atoms with Gasteiger partial charge in [0, 0.05) is 19.6 Å². The molecule has 0 saturated heterocycles. The molecule has 0 fully saturated rings. The Balaban J connectivity index is 0. The van der Waals surface area contributed by atoms with Gasteiger partial charge in [0.2, 0.25) is 5.91 Å². The molecule has 4 nitrogen and oxygen atoms in total. The summed E-state index contributed by atoms with van der Waals surface area (Å²) in [5.41, 5.74) is 0. The van der Waals surface area contributed by atoms with E-state index in [0.29, 0.717) is 18.9 Å². The first-order valence-corrected chi connectivity index (χ1v) is 6.64. The molecule has 0 aromatic heterocycles. The van der Waals surface area contributed by atoms with E-state index in [9.17, 15) is 4.79 Å². The number of carbonyl (C=O) groups excluding carboxylic acids is 1. The van der Waals surface area contributed by atoms with Crippen molar-refractivity contribution in [2.45, 2.75) is 46.1 Å². The Morgan fingerprint density at radius 1 is 1.28 bits per heavy atom. The van der Waals surface area contributed by atoms with Crippen molar-refractivity contribution < 1.29 is 9.53 Å². The first-order chi connectivity index (χ1) is 8.11. The summed E-state index contributed by atoms with van der Waals surface area (Å²) >= 11 is 0. The normalized spacial score (nSPS) is 12.1. The molecular weight excluding hydrogens is 252 g/mol. The highest BCUT2D eigenvalue weighted by Crippen LogP contribution is 2.09. The number of rotatable bonds is 10. The highest BCUT2D eigenvalue weighted by atomic mass is 35.5. The van der Waals surface area contributed by atoms with Crippen molar-refractivity contribution >= 4 is 18.3 Å². The Labute approximate surface area is 118 Å². The van der Waals surface area contributed by atoms with Gasteiger partial charge in [-0.2, -0.15) is 0 Å². The third kappa shape index (κ3) is 10.8. The Morgan fingerprint density at radius 3 is 2.44 bits per heavy atom. The van der Waals surface area contributed by atoms with Gasteiger partial charge < -0.3 is 15.4 Å². The van der Waals surface area contributed by atoms with Crippen molar-refractivity contribution in [2.24, 2.45) is 5.92 Å². The molecule has 18 heavy (non-hydrogen) atoms. The van der Waals surface area contributed by atoms with Crippen LogP contribution in [0.4, 0.5) is 0 Å². The molecule has 0 aromatic rings. The highest BCUT2D eigenvalue weighted by Gasteiger charge is 2.13. The van der Waals surface area contributed by atoms with Crippen molar-refractivity contribution in [3.63, 3.8) is 0 Å². The largest absolute Gasteiger partial charge is 0.378 e. The van der Waals surface area contributed by atoms with Crippen molar-refractivity contribution in [2.75, 3.05) is 26.7 Å². The molecular formula is C13H29ClN2O2. The van der Waals surface area contributed by atoms with Crippen LogP contribution in [0, 0.1) is 5.92 Å². The third-order valence-corrected chi connectivity index (χ3v) is 2.71. The maximum Gasteiger partial charge on any atom is 0.220 e. The zero-order valence-corrected chi connectivity index (χ0v) is 12.9. The highest BCUT2D eigenvalue weighted by molar-refractivity contribution is 5.85. The Hall–Kier alpha value is -0.320. The van der Waals surface area contributed by atoms with E-state index in [1.54, 1.807) is 0 Å². The van der Waals surface area contributed by atoms with E-state index in [-0.39, 0.29) is 24.4 Å². The Morgan fingerprint density at radius 2 is 1.94 bits per heavy atom. The number of nitrogens with one attached hydrogen (secondary N) is 2. The van der Waals surface area contributed by atoms with Gasteiger partial charge in [-0.05, 0) is 39.3 Å². The smallest absolute Gasteiger partial charge is 0.220 e. The number of carbonyl (C=O) groups is 1. The van der Waals surface area contributed by atoms with Crippen LogP contribution in [0.5, 0.6) is 0 Å². The SMILES string of the molecule is CCOC(CCNC(=O)CCCNC)C(C)C.Cl. The zero-order chi connectivity index (χ0) is 13.1. The van der Waals surface area contributed by atoms with Crippen molar-refractivity contribution in [1.82, 2.24) is 10.6 Å². The molecule has 0 bridgehead atoms. The predicted molar refractivity (Wildman–Crippen MR) is 78.3 cm³/mol. The van der Waals surface area contributed by atoms with Crippen LogP contribution in [0.3, 0.4) is 0 Å². The standard InChI is InChI=1S/C13H28N2O2.ClH/c1-5-17-12(11(2)3)8-10-15-13(16)7-6-9-14-4;/h11-12,14H,5-10H2,1-4H3,(H,15,16);1H. The van der Waals surface area contributed by atoms with Gasteiger partial charge in [0.05, 0.1) is 6.10 Å². The minimum atomic E-state index is 0. The van der Waals surface area contributed by atoms with Gasteiger partial charge in [-0.1, -0.05) is 13.8 Å². The fraction of sp³-hybridized carbons (Fsp3) is 0.923. The third-order valence-electron chi connectivity index (χ3n) is 2.71. The molecule has 0 aliphatic rings. The first kappa shape index (κ1) is 20.0. The van der Waals surface area contributed by atoms with Gasteiger partial charge >= 0.3 is 0 Å². The molecule has 1 atom stereocenters. The molecule has 0 rings (SSSR count). The lowest BCUT2D eigenvalue weighted by Crippen LogP contribution is -2.30. The van der Waals surface area contributed by atoms with Crippen LogP contribution in [0.25, 0.3) is 0 Å². The average molecular weight is 281 g/mol. The number of hydrogen-bond donors (Lipinski definition) is 2. The maximum absolute atomic E-state index is 11.4. The average Bonchev–Trinajstić information content (AvgIpc) is 2.28. The van der Waals surface area contributed by atoms with Crippen LogP contribution < -0.4 is 10.6 Å². The van der Waals surface area contributed by atoms with Crippen LogP contribution in [0.1, 0.15) is 40.0 Å². The van der Waals surface area contributed by atoms with Crippen LogP contribution in [0.15, 0.2) is 0 Å². The summed E-state index contributed by atoms with van der Waals surface area (Å²) in [6.07, 6.45) is 2.63. The summed E-state index contributed by atoms with van der Waals surface area (Å²) in [6, 6.07) is 0. The zero-order valence-electron chi connectivity index (χ0n) is 12.1. The van der Waals surface area contributed by atoms with Gasteiger partial charge in [0.15, 0.2) is 0 Å². The lowest BCUT2D eigenvalue weighted by Gasteiger charge is -2.20. The molecule has 2 N–H and O–H groups in total. The van der Waals surface area contributed by atoms with E-state index < -0.39 is 0 Å². The topological polar surface area (TPSA) is 50.4 Å². The molecule has 0 aliphatic heterocycles. The lowest BCUT2D eigenvalue weighted by atomic mass is 10.0. The summed E-state index contributed by atoms with van der Waals surface area (Å²) in [5, 5.41) is 5.97. The van der Waals surface area contributed by atoms with E-state index in [4.69, 9.17) is 4.74 Å². The molecule has 110 valence electrons. The van der Waals surface area contributed by atoms with Crippen molar-refractivity contribution in [3.8, 4) is 0 Å². The number of hydrogen-bond acceptors (Lipinski definition) is 3. The fourth-order valence-corrected chi connectivity index (χ4v) is 1.69. The Bertz CT molecular complexity index is 201.